The van der Waals surface area contributed by atoms with Gasteiger partial charge in [-0.25, -0.2) is 13.2 Å². The molecule has 0 spiro atoms. The van der Waals surface area contributed by atoms with Crippen LogP contribution >= 0.6 is 0 Å². The Bertz CT molecular complexity index is 1130. The molecule has 9 heteroatoms. The monoisotopic (exact) mass is 372 g/mol. The quantitative estimate of drug-likeness (QED) is 0.628. The minimum Gasteiger partial charge on any atom is -0.353 e. The van der Waals surface area contributed by atoms with Crippen LogP contribution in [0.2, 0.25) is 0 Å². The lowest BCUT2D eigenvalue weighted by Crippen LogP contribution is -2.52. The van der Waals surface area contributed by atoms with Crippen molar-refractivity contribution in [1.29, 1.82) is 0 Å². The van der Waals surface area contributed by atoms with Gasteiger partial charge in [0, 0.05) is 13.1 Å². The molecule has 2 heterocycles. The summed E-state index contributed by atoms with van der Waals surface area (Å²) in [6.07, 6.45) is 0. The molecule has 0 aliphatic carbocycles. The van der Waals surface area contributed by atoms with Gasteiger partial charge in [0.15, 0.2) is 0 Å². The number of piperazine rings is 1. The third kappa shape index (κ3) is 2.71. The number of amides is 1. The molecular formula is C17H16N4O4S. The van der Waals surface area contributed by atoms with Crippen molar-refractivity contribution in [3.8, 4) is 0 Å². The Morgan fingerprint density at radius 3 is 2.46 bits per heavy atom. The van der Waals surface area contributed by atoms with Crippen molar-refractivity contribution in [3.63, 3.8) is 0 Å². The van der Waals surface area contributed by atoms with E-state index in [1.54, 1.807) is 30.3 Å². The van der Waals surface area contributed by atoms with Gasteiger partial charge in [0.25, 0.3) is 0 Å². The molecule has 26 heavy (non-hydrogen) atoms. The molecule has 1 fully saturated rings. The van der Waals surface area contributed by atoms with E-state index in [-0.39, 0.29) is 23.9 Å². The number of carbonyl (C=O) groups is 1. The van der Waals surface area contributed by atoms with Gasteiger partial charge in [-0.1, -0.05) is 30.3 Å². The van der Waals surface area contributed by atoms with Crippen LogP contribution in [-0.2, 0) is 14.8 Å². The Balaban J connectivity index is 1.81. The number of nitrogens with one attached hydrogen (secondary N) is 3. The van der Waals surface area contributed by atoms with E-state index < -0.39 is 21.8 Å². The number of benzene rings is 2. The maximum absolute atomic E-state index is 13.2. The Kier molecular flexibility index (Phi) is 3.89. The Morgan fingerprint density at radius 1 is 0.962 bits per heavy atom. The molecule has 1 aliphatic rings. The predicted octanol–water partition coefficient (Wildman–Crippen LogP) is 0.718. The van der Waals surface area contributed by atoms with Crippen LogP contribution in [0.1, 0.15) is 11.6 Å². The Labute approximate surface area is 148 Å². The number of rotatable bonds is 3. The van der Waals surface area contributed by atoms with Gasteiger partial charge in [-0.3, -0.25) is 4.79 Å². The van der Waals surface area contributed by atoms with E-state index in [9.17, 15) is 18.0 Å². The second-order valence-corrected chi connectivity index (χ2v) is 7.90. The molecule has 0 radical (unpaired) electrons. The first-order valence-electron chi connectivity index (χ1n) is 8.03. The topological polar surface area (TPSA) is 115 Å². The fourth-order valence-corrected chi connectivity index (χ4v) is 4.77. The summed E-state index contributed by atoms with van der Waals surface area (Å²) in [5.74, 6) is -0.359. The first-order valence-corrected chi connectivity index (χ1v) is 9.47. The molecule has 8 nitrogen and oxygen atoms in total. The third-order valence-electron chi connectivity index (χ3n) is 4.38. The lowest BCUT2D eigenvalue weighted by molar-refractivity contribution is -0.126. The van der Waals surface area contributed by atoms with Crippen molar-refractivity contribution in [1.82, 2.24) is 19.6 Å². The summed E-state index contributed by atoms with van der Waals surface area (Å²) in [7, 11) is -3.94. The van der Waals surface area contributed by atoms with Gasteiger partial charge < -0.3 is 15.3 Å². The average molecular weight is 372 g/mol. The van der Waals surface area contributed by atoms with Gasteiger partial charge in [-0.15, -0.1) is 0 Å². The number of imidazole rings is 1. The number of aromatic nitrogens is 2. The zero-order valence-corrected chi connectivity index (χ0v) is 14.4. The molecule has 4 rings (SSSR count). The highest BCUT2D eigenvalue weighted by molar-refractivity contribution is 7.89. The van der Waals surface area contributed by atoms with Gasteiger partial charge in [0.05, 0.1) is 15.9 Å². The summed E-state index contributed by atoms with van der Waals surface area (Å²) in [5.41, 5.74) is 1.11. The number of sulfonamides is 1. The molecule has 3 aromatic rings. The van der Waals surface area contributed by atoms with Crippen molar-refractivity contribution in [2.24, 2.45) is 0 Å². The van der Waals surface area contributed by atoms with Gasteiger partial charge >= 0.3 is 5.69 Å². The highest BCUT2D eigenvalue weighted by atomic mass is 32.2. The van der Waals surface area contributed by atoms with Gasteiger partial charge in [-0.05, 0) is 23.8 Å². The number of aromatic amines is 2. The first kappa shape index (κ1) is 16.6. The summed E-state index contributed by atoms with van der Waals surface area (Å²) in [6, 6.07) is 12.2. The fourth-order valence-electron chi connectivity index (χ4n) is 3.17. The predicted molar refractivity (Wildman–Crippen MR) is 95.0 cm³/mol. The molecule has 0 bridgehead atoms. The first-order chi connectivity index (χ1) is 12.5. The van der Waals surface area contributed by atoms with E-state index in [1.165, 1.54) is 22.5 Å². The smallest absolute Gasteiger partial charge is 0.323 e. The molecule has 1 unspecified atom stereocenters. The largest absolute Gasteiger partial charge is 0.353 e. The number of H-pyrrole nitrogens is 2. The van der Waals surface area contributed by atoms with Gasteiger partial charge in [0.1, 0.15) is 6.04 Å². The Morgan fingerprint density at radius 2 is 1.69 bits per heavy atom. The van der Waals surface area contributed by atoms with E-state index in [1.807, 2.05) is 0 Å². The van der Waals surface area contributed by atoms with E-state index in [0.29, 0.717) is 16.6 Å². The lowest BCUT2D eigenvalue weighted by Gasteiger charge is -2.34. The maximum atomic E-state index is 13.2. The molecule has 134 valence electrons. The second-order valence-electron chi connectivity index (χ2n) is 6.01. The van der Waals surface area contributed by atoms with Gasteiger partial charge in [-0.2, -0.15) is 4.31 Å². The average Bonchev–Trinajstić information content (AvgIpc) is 3.01. The minimum atomic E-state index is -3.94. The van der Waals surface area contributed by atoms with Crippen molar-refractivity contribution < 1.29 is 13.2 Å². The highest BCUT2D eigenvalue weighted by Gasteiger charge is 2.39. The summed E-state index contributed by atoms with van der Waals surface area (Å²) in [4.78, 5) is 29.0. The number of carbonyl (C=O) groups excluding carboxylic acids is 1. The van der Waals surface area contributed by atoms with Crippen molar-refractivity contribution in [2.75, 3.05) is 13.1 Å². The molecule has 1 aliphatic heterocycles. The van der Waals surface area contributed by atoms with Crippen LogP contribution in [0, 0.1) is 0 Å². The molecule has 1 aromatic heterocycles. The summed E-state index contributed by atoms with van der Waals surface area (Å²) < 4.78 is 27.6. The highest BCUT2D eigenvalue weighted by Crippen LogP contribution is 2.30. The molecule has 1 saturated heterocycles. The lowest BCUT2D eigenvalue weighted by atomic mass is 10.1. The van der Waals surface area contributed by atoms with Crippen molar-refractivity contribution in [3.05, 3.63) is 64.6 Å². The SMILES string of the molecule is O=C1NCCN(S(=O)(=O)c2ccc3[nH]c(=O)[nH]c3c2)C1c1ccccc1. The maximum Gasteiger partial charge on any atom is 0.323 e. The number of hydrogen-bond donors (Lipinski definition) is 3. The van der Waals surface area contributed by atoms with Crippen LogP contribution in [0.4, 0.5) is 0 Å². The summed E-state index contributed by atoms with van der Waals surface area (Å²) in [5, 5.41) is 2.72. The van der Waals surface area contributed by atoms with Crippen molar-refractivity contribution in [2.45, 2.75) is 10.9 Å². The standard InChI is InChI=1S/C17H16N4O4S/c22-16-15(11-4-2-1-3-5-11)21(9-8-18-16)26(24,25)12-6-7-13-14(10-12)20-17(23)19-13/h1-7,10,15H,8-9H2,(H,18,22)(H2,19,20,23). The molecule has 3 N–H and O–H groups in total. The zero-order chi connectivity index (χ0) is 18.3. The second kappa shape index (κ2) is 6.11. The van der Waals surface area contributed by atoms with Crippen LogP contribution < -0.4 is 11.0 Å². The fraction of sp³-hybridized carbons (Fsp3) is 0.176. The number of nitrogens with zero attached hydrogens (tertiary/aromatic N) is 1. The van der Waals surface area contributed by atoms with Crippen LogP contribution in [0.5, 0.6) is 0 Å². The van der Waals surface area contributed by atoms with E-state index in [4.69, 9.17) is 0 Å². The minimum absolute atomic E-state index is 0.0240. The zero-order valence-electron chi connectivity index (χ0n) is 13.6. The van der Waals surface area contributed by atoms with Gasteiger partial charge in [0.2, 0.25) is 15.9 Å². The van der Waals surface area contributed by atoms with Crippen LogP contribution in [0.25, 0.3) is 11.0 Å². The van der Waals surface area contributed by atoms with E-state index in [0.717, 1.165) is 0 Å². The number of hydrogen-bond acceptors (Lipinski definition) is 4. The van der Waals surface area contributed by atoms with E-state index in [2.05, 4.69) is 15.3 Å². The van der Waals surface area contributed by atoms with Crippen molar-refractivity contribution >= 4 is 27.0 Å². The Hall–Kier alpha value is -2.91. The molecule has 0 saturated carbocycles. The van der Waals surface area contributed by atoms with Crippen LogP contribution in [-0.4, -0.2) is 41.7 Å². The molecule has 1 amide bonds. The molecule has 2 aromatic carbocycles. The molecular weight excluding hydrogens is 356 g/mol. The summed E-state index contributed by atoms with van der Waals surface area (Å²) in [6.45, 7) is 0.403. The van der Waals surface area contributed by atoms with Crippen LogP contribution in [0.3, 0.4) is 0 Å². The normalized spacial score (nSPS) is 18.8. The van der Waals surface area contributed by atoms with E-state index >= 15 is 0 Å². The third-order valence-corrected chi connectivity index (χ3v) is 6.24. The number of fused-ring (bicyclic) bond motifs is 1. The summed E-state index contributed by atoms with van der Waals surface area (Å²) >= 11 is 0. The van der Waals surface area contributed by atoms with Crippen LogP contribution in [0.15, 0.2) is 58.2 Å². The molecule has 1 atom stereocenters.